The Morgan fingerprint density at radius 2 is 2.00 bits per heavy atom. The van der Waals surface area contributed by atoms with Crippen LogP contribution in [0.25, 0.3) is 11.3 Å². The number of carbonyl (C=O) groups is 1. The fourth-order valence-electron chi connectivity index (χ4n) is 4.06. The molecule has 27 heavy (non-hydrogen) atoms. The Morgan fingerprint density at radius 1 is 1.19 bits per heavy atom. The van der Waals surface area contributed by atoms with Crippen molar-refractivity contribution in [2.45, 2.75) is 44.6 Å². The molecule has 0 N–H and O–H groups in total. The van der Waals surface area contributed by atoms with Crippen LogP contribution in [0.1, 0.15) is 50.3 Å². The van der Waals surface area contributed by atoms with Gasteiger partial charge in [-0.1, -0.05) is 31.7 Å². The fraction of sp³-hybridized carbons (Fsp3) is 0.524. The monoisotopic (exact) mass is 366 g/mol. The van der Waals surface area contributed by atoms with Crippen LogP contribution in [0, 0.1) is 5.92 Å². The molecule has 1 aliphatic heterocycles. The van der Waals surface area contributed by atoms with E-state index in [0.29, 0.717) is 26.1 Å². The Bertz CT molecular complexity index is 762. The van der Waals surface area contributed by atoms with Crippen molar-refractivity contribution in [3.8, 4) is 11.3 Å². The summed E-state index contributed by atoms with van der Waals surface area (Å²) in [5.74, 6) is 1.00. The molecular formula is C21H26N4O2. The summed E-state index contributed by atoms with van der Waals surface area (Å²) in [6, 6.07) is 5.87. The molecule has 2 aromatic rings. The van der Waals surface area contributed by atoms with Crippen molar-refractivity contribution in [2.24, 2.45) is 5.92 Å². The number of hydrogen-bond acceptors (Lipinski definition) is 5. The molecule has 6 nitrogen and oxygen atoms in total. The van der Waals surface area contributed by atoms with E-state index in [1.54, 1.807) is 12.4 Å². The minimum Gasteiger partial charge on any atom is -0.368 e. The van der Waals surface area contributed by atoms with E-state index in [9.17, 15) is 4.79 Å². The average Bonchev–Trinajstić information content (AvgIpc) is 3.26. The van der Waals surface area contributed by atoms with Crippen LogP contribution in [0.3, 0.4) is 0 Å². The van der Waals surface area contributed by atoms with E-state index < -0.39 is 0 Å². The summed E-state index contributed by atoms with van der Waals surface area (Å²) in [6.07, 6.45) is 11.7. The summed E-state index contributed by atoms with van der Waals surface area (Å²) < 4.78 is 5.93. The Morgan fingerprint density at radius 3 is 2.81 bits per heavy atom. The van der Waals surface area contributed by atoms with Crippen LogP contribution in [-0.2, 0) is 9.53 Å². The molecule has 1 atom stereocenters. The minimum absolute atomic E-state index is 0.182. The maximum absolute atomic E-state index is 12.7. The molecule has 3 heterocycles. The van der Waals surface area contributed by atoms with E-state index in [-0.39, 0.29) is 12.0 Å². The summed E-state index contributed by atoms with van der Waals surface area (Å²) in [7, 11) is 0. The molecule has 4 rings (SSSR count). The van der Waals surface area contributed by atoms with Crippen LogP contribution in [-0.4, -0.2) is 45.5 Å². The van der Waals surface area contributed by atoms with Gasteiger partial charge in [-0.15, -0.1) is 0 Å². The number of hydrogen-bond donors (Lipinski definition) is 0. The first-order valence-corrected chi connectivity index (χ1v) is 9.91. The Kier molecular flexibility index (Phi) is 5.72. The van der Waals surface area contributed by atoms with Crippen LogP contribution in [0.4, 0.5) is 0 Å². The molecule has 2 fully saturated rings. The maximum Gasteiger partial charge on any atom is 0.222 e. The van der Waals surface area contributed by atoms with Gasteiger partial charge in [-0.3, -0.25) is 4.79 Å². The van der Waals surface area contributed by atoms with Gasteiger partial charge in [-0.2, -0.15) is 0 Å². The highest BCUT2D eigenvalue weighted by atomic mass is 16.5. The van der Waals surface area contributed by atoms with Gasteiger partial charge < -0.3 is 9.64 Å². The van der Waals surface area contributed by atoms with E-state index in [1.165, 1.54) is 32.0 Å². The fourth-order valence-corrected chi connectivity index (χ4v) is 4.06. The third kappa shape index (κ3) is 4.50. The second-order valence-corrected chi connectivity index (χ2v) is 7.46. The van der Waals surface area contributed by atoms with E-state index in [1.807, 2.05) is 23.1 Å². The number of morpholine rings is 1. The highest BCUT2D eigenvalue weighted by Gasteiger charge is 2.27. The molecule has 0 radical (unpaired) electrons. The van der Waals surface area contributed by atoms with E-state index >= 15 is 0 Å². The molecule has 0 unspecified atom stereocenters. The van der Waals surface area contributed by atoms with Crippen LogP contribution in [0.5, 0.6) is 0 Å². The van der Waals surface area contributed by atoms with Gasteiger partial charge in [-0.25, -0.2) is 15.0 Å². The van der Waals surface area contributed by atoms with Gasteiger partial charge in [0.15, 0.2) is 0 Å². The molecule has 1 saturated heterocycles. The third-order valence-corrected chi connectivity index (χ3v) is 5.62. The zero-order valence-electron chi connectivity index (χ0n) is 15.6. The smallest absolute Gasteiger partial charge is 0.222 e. The predicted molar refractivity (Wildman–Crippen MR) is 102 cm³/mol. The first-order valence-electron chi connectivity index (χ1n) is 9.91. The molecule has 6 heteroatoms. The number of nitrogens with zero attached hydrogens (tertiary/aromatic N) is 4. The average molecular weight is 366 g/mol. The zero-order valence-corrected chi connectivity index (χ0v) is 15.6. The molecule has 0 aromatic carbocycles. The van der Waals surface area contributed by atoms with Crippen LogP contribution in [0.15, 0.2) is 36.9 Å². The number of amides is 1. The summed E-state index contributed by atoms with van der Waals surface area (Å²) in [5.41, 5.74) is 2.55. The van der Waals surface area contributed by atoms with Crippen molar-refractivity contribution < 1.29 is 9.53 Å². The highest BCUT2D eigenvalue weighted by Crippen LogP contribution is 2.29. The van der Waals surface area contributed by atoms with Crippen molar-refractivity contribution in [2.75, 3.05) is 19.7 Å². The maximum atomic E-state index is 12.7. The number of rotatable bonds is 5. The second-order valence-electron chi connectivity index (χ2n) is 7.46. The largest absolute Gasteiger partial charge is 0.368 e. The Balaban J connectivity index is 1.40. The lowest BCUT2D eigenvalue weighted by molar-refractivity contribution is -0.139. The van der Waals surface area contributed by atoms with Crippen molar-refractivity contribution >= 4 is 5.91 Å². The van der Waals surface area contributed by atoms with Crippen molar-refractivity contribution in [1.29, 1.82) is 0 Å². The standard InChI is InChI=1S/C21H26N4O2/c26-21(9-8-16-4-1-2-5-16)25-10-11-27-20(14-25)19-7-3-6-18(24-19)17-12-22-15-23-13-17/h3,6-7,12-13,15-16,20H,1-2,4-5,8-11,14H2/t20-/m0/s1. The molecule has 0 bridgehead atoms. The van der Waals surface area contributed by atoms with E-state index in [0.717, 1.165) is 29.3 Å². The summed E-state index contributed by atoms with van der Waals surface area (Å²) >= 11 is 0. The number of aromatic nitrogens is 3. The molecule has 142 valence electrons. The van der Waals surface area contributed by atoms with Gasteiger partial charge in [0.1, 0.15) is 12.4 Å². The Hall–Kier alpha value is -2.34. The number of ether oxygens (including phenoxy) is 1. The van der Waals surface area contributed by atoms with E-state index in [4.69, 9.17) is 9.72 Å². The first-order chi connectivity index (χ1) is 13.3. The lowest BCUT2D eigenvalue weighted by Crippen LogP contribution is -2.42. The minimum atomic E-state index is -0.182. The molecular weight excluding hydrogens is 340 g/mol. The molecule has 2 aliphatic rings. The van der Waals surface area contributed by atoms with Gasteiger partial charge in [0, 0.05) is 30.9 Å². The van der Waals surface area contributed by atoms with Crippen molar-refractivity contribution in [3.05, 3.63) is 42.6 Å². The SMILES string of the molecule is O=C(CCC1CCCC1)N1CCO[C@H](c2cccc(-c3cncnc3)n2)C1. The lowest BCUT2D eigenvalue weighted by Gasteiger charge is -2.33. The molecule has 2 aromatic heterocycles. The van der Waals surface area contributed by atoms with Crippen LogP contribution in [0.2, 0.25) is 0 Å². The Labute approximate surface area is 160 Å². The van der Waals surface area contributed by atoms with E-state index in [2.05, 4.69) is 9.97 Å². The first kappa shape index (κ1) is 18.0. The molecule has 1 amide bonds. The second kappa shape index (κ2) is 8.57. The molecule has 0 spiro atoms. The van der Waals surface area contributed by atoms with Gasteiger partial charge in [-0.05, 0) is 24.5 Å². The van der Waals surface area contributed by atoms with Gasteiger partial charge >= 0.3 is 0 Å². The van der Waals surface area contributed by atoms with Crippen LogP contribution < -0.4 is 0 Å². The lowest BCUT2D eigenvalue weighted by atomic mass is 10.0. The van der Waals surface area contributed by atoms with Gasteiger partial charge in [0.2, 0.25) is 5.91 Å². The zero-order chi connectivity index (χ0) is 18.5. The number of pyridine rings is 1. The summed E-state index contributed by atoms with van der Waals surface area (Å²) in [4.78, 5) is 27.4. The third-order valence-electron chi connectivity index (χ3n) is 5.62. The molecule has 1 saturated carbocycles. The summed E-state index contributed by atoms with van der Waals surface area (Å²) in [5, 5.41) is 0. The predicted octanol–water partition coefficient (Wildman–Crippen LogP) is 3.41. The number of carbonyl (C=O) groups excluding carboxylic acids is 1. The summed E-state index contributed by atoms with van der Waals surface area (Å²) in [6.45, 7) is 1.80. The van der Waals surface area contributed by atoms with Gasteiger partial charge in [0.25, 0.3) is 0 Å². The highest BCUT2D eigenvalue weighted by molar-refractivity contribution is 5.76. The van der Waals surface area contributed by atoms with Gasteiger partial charge in [0.05, 0.1) is 24.5 Å². The quantitative estimate of drug-likeness (QED) is 0.811. The van der Waals surface area contributed by atoms with Crippen molar-refractivity contribution in [1.82, 2.24) is 19.9 Å². The van der Waals surface area contributed by atoms with Crippen LogP contribution >= 0.6 is 0 Å². The molecule has 1 aliphatic carbocycles. The van der Waals surface area contributed by atoms with Crippen molar-refractivity contribution in [3.63, 3.8) is 0 Å². The normalized spacial score (nSPS) is 20.7. The topological polar surface area (TPSA) is 68.2 Å².